The number of nitrogens with two attached hydrogens (primary N) is 1. The number of imidazole rings is 1. The molecule has 2 N–H and O–H groups in total. The lowest BCUT2D eigenvalue weighted by Gasteiger charge is -2.01. The van der Waals surface area contributed by atoms with Crippen molar-refractivity contribution in [2.24, 2.45) is 0 Å². The average Bonchev–Trinajstić information content (AvgIpc) is 2.73. The third kappa shape index (κ3) is 1.87. The van der Waals surface area contributed by atoms with Crippen LogP contribution in [0, 0.1) is 13.8 Å². The van der Waals surface area contributed by atoms with Gasteiger partial charge in [-0.3, -0.25) is 0 Å². The van der Waals surface area contributed by atoms with Crippen LogP contribution in [0.15, 0.2) is 36.5 Å². The van der Waals surface area contributed by atoms with Crippen LogP contribution in [0.5, 0.6) is 0 Å². The van der Waals surface area contributed by atoms with Crippen molar-refractivity contribution in [3.05, 3.63) is 52.8 Å². The summed E-state index contributed by atoms with van der Waals surface area (Å²) in [4.78, 5) is 4.63. The van der Waals surface area contributed by atoms with E-state index in [9.17, 15) is 0 Å². The van der Waals surface area contributed by atoms with E-state index in [0.29, 0.717) is 16.4 Å². The van der Waals surface area contributed by atoms with Crippen molar-refractivity contribution in [2.75, 3.05) is 5.73 Å². The summed E-state index contributed by atoms with van der Waals surface area (Å²) < 4.78 is 1.97. The molecule has 3 nitrogen and oxygen atoms in total. The number of anilines is 1. The summed E-state index contributed by atoms with van der Waals surface area (Å²) in [7, 11) is 0. The molecule has 0 aliphatic carbocycles. The number of aromatic nitrogens is 2. The molecule has 3 rings (SSSR count). The normalized spacial score (nSPS) is 11.1. The smallest absolute Gasteiger partial charge is 0.162 e. The summed E-state index contributed by atoms with van der Waals surface area (Å²) in [5.41, 5.74) is 11.5. The highest BCUT2D eigenvalue weighted by molar-refractivity contribution is 6.33. The second kappa shape index (κ2) is 4.28. The van der Waals surface area contributed by atoms with Gasteiger partial charge in [0.25, 0.3) is 0 Å². The molecule has 0 unspecified atom stereocenters. The molecule has 0 bridgehead atoms. The molecular weight excluding hydrogens is 258 g/mol. The number of halogens is 1. The summed E-state index contributed by atoms with van der Waals surface area (Å²) in [5, 5.41) is 0.535. The third-order valence-corrected chi connectivity index (χ3v) is 3.67. The minimum atomic E-state index is 0.519. The second-order valence-corrected chi connectivity index (χ2v) is 5.09. The summed E-state index contributed by atoms with van der Waals surface area (Å²) in [6.07, 6.45) is 1.90. The molecule has 0 aliphatic rings. The van der Waals surface area contributed by atoms with Gasteiger partial charge in [0.05, 0.1) is 16.4 Å². The number of rotatable bonds is 1. The molecule has 4 heteroatoms. The van der Waals surface area contributed by atoms with E-state index in [-0.39, 0.29) is 0 Å². The van der Waals surface area contributed by atoms with E-state index in [1.54, 1.807) is 6.07 Å². The lowest BCUT2D eigenvalue weighted by atomic mass is 10.1. The summed E-state index contributed by atoms with van der Waals surface area (Å²) in [6, 6.07) is 10.1. The van der Waals surface area contributed by atoms with Crippen LogP contribution in [-0.4, -0.2) is 9.38 Å². The molecule has 1 aromatic carbocycles. The molecule has 0 spiro atoms. The number of hydrogen-bond donors (Lipinski definition) is 1. The highest BCUT2D eigenvalue weighted by Crippen LogP contribution is 2.29. The lowest BCUT2D eigenvalue weighted by molar-refractivity contribution is 1.11. The van der Waals surface area contributed by atoms with Gasteiger partial charge < -0.3 is 10.1 Å². The van der Waals surface area contributed by atoms with Gasteiger partial charge in [-0.2, -0.15) is 0 Å². The molecule has 0 amide bonds. The predicted molar refractivity (Wildman–Crippen MR) is 79.5 cm³/mol. The van der Waals surface area contributed by atoms with Gasteiger partial charge in [-0.05, 0) is 19.9 Å². The van der Waals surface area contributed by atoms with E-state index < -0.39 is 0 Å². The Labute approximate surface area is 116 Å². The van der Waals surface area contributed by atoms with E-state index >= 15 is 0 Å². The fraction of sp³-hybridized carbons (Fsp3) is 0.133. The van der Waals surface area contributed by atoms with Gasteiger partial charge in [-0.15, -0.1) is 0 Å². The first-order chi connectivity index (χ1) is 9.08. The standard InChI is InChI=1S/C15H14ClN3/c1-9-3-5-11(6-4-9)14-10(2)19-8-7-12(16)13(17)15(19)18-14/h3-8H,17H2,1-2H3. The van der Waals surface area contributed by atoms with Crippen LogP contribution in [0.1, 0.15) is 11.3 Å². The SMILES string of the molecule is Cc1ccc(-c2nc3c(N)c(Cl)ccn3c2C)cc1. The minimum absolute atomic E-state index is 0.519. The predicted octanol–water partition coefficient (Wildman–Crippen LogP) is 3.85. The van der Waals surface area contributed by atoms with Gasteiger partial charge in [-0.1, -0.05) is 41.4 Å². The van der Waals surface area contributed by atoms with E-state index in [0.717, 1.165) is 17.0 Å². The molecular formula is C15H14ClN3. The topological polar surface area (TPSA) is 43.3 Å². The van der Waals surface area contributed by atoms with Crippen LogP contribution < -0.4 is 5.73 Å². The van der Waals surface area contributed by atoms with Crippen molar-refractivity contribution in [1.29, 1.82) is 0 Å². The van der Waals surface area contributed by atoms with Crippen LogP contribution in [0.25, 0.3) is 16.9 Å². The van der Waals surface area contributed by atoms with Crippen molar-refractivity contribution in [2.45, 2.75) is 13.8 Å². The zero-order valence-electron chi connectivity index (χ0n) is 10.8. The molecule has 2 heterocycles. The van der Waals surface area contributed by atoms with Crippen molar-refractivity contribution < 1.29 is 0 Å². The zero-order chi connectivity index (χ0) is 13.6. The first-order valence-electron chi connectivity index (χ1n) is 6.07. The Balaban J connectivity index is 2.28. The fourth-order valence-electron chi connectivity index (χ4n) is 2.21. The Bertz CT molecular complexity index is 757. The molecule has 0 radical (unpaired) electrons. The number of pyridine rings is 1. The maximum Gasteiger partial charge on any atom is 0.162 e. The molecule has 0 atom stereocenters. The van der Waals surface area contributed by atoms with Gasteiger partial charge >= 0.3 is 0 Å². The number of hydrogen-bond acceptors (Lipinski definition) is 2. The highest BCUT2D eigenvalue weighted by Gasteiger charge is 2.13. The highest BCUT2D eigenvalue weighted by atomic mass is 35.5. The quantitative estimate of drug-likeness (QED) is 0.730. The zero-order valence-corrected chi connectivity index (χ0v) is 11.6. The maximum atomic E-state index is 6.04. The number of nitrogen functional groups attached to an aromatic ring is 1. The maximum absolute atomic E-state index is 6.04. The molecule has 0 saturated carbocycles. The lowest BCUT2D eigenvalue weighted by Crippen LogP contribution is -1.94. The molecule has 2 aromatic heterocycles. The van der Waals surface area contributed by atoms with Crippen LogP contribution >= 0.6 is 11.6 Å². The van der Waals surface area contributed by atoms with Gasteiger partial charge in [0, 0.05) is 17.5 Å². The Morgan fingerprint density at radius 1 is 1.11 bits per heavy atom. The first-order valence-corrected chi connectivity index (χ1v) is 6.45. The number of benzene rings is 1. The van der Waals surface area contributed by atoms with Gasteiger partial charge in [-0.25, -0.2) is 4.98 Å². The summed E-state index contributed by atoms with van der Waals surface area (Å²) >= 11 is 6.04. The van der Waals surface area contributed by atoms with E-state index in [4.69, 9.17) is 17.3 Å². The second-order valence-electron chi connectivity index (χ2n) is 4.68. The van der Waals surface area contributed by atoms with E-state index in [1.165, 1.54) is 5.56 Å². The molecule has 19 heavy (non-hydrogen) atoms. The van der Waals surface area contributed by atoms with Crippen molar-refractivity contribution in [3.8, 4) is 11.3 Å². The Hall–Kier alpha value is -2.00. The molecule has 0 fully saturated rings. The van der Waals surface area contributed by atoms with Crippen molar-refractivity contribution in [3.63, 3.8) is 0 Å². The van der Waals surface area contributed by atoms with Gasteiger partial charge in [0.2, 0.25) is 0 Å². The van der Waals surface area contributed by atoms with Crippen LogP contribution in [0.2, 0.25) is 5.02 Å². The summed E-state index contributed by atoms with van der Waals surface area (Å²) in [5.74, 6) is 0. The van der Waals surface area contributed by atoms with Crippen LogP contribution in [0.4, 0.5) is 5.69 Å². The van der Waals surface area contributed by atoms with Gasteiger partial charge in [0.15, 0.2) is 5.65 Å². The van der Waals surface area contributed by atoms with E-state index in [2.05, 4.69) is 36.2 Å². The van der Waals surface area contributed by atoms with Crippen molar-refractivity contribution in [1.82, 2.24) is 9.38 Å². The third-order valence-electron chi connectivity index (χ3n) is 3.34. The molecule has 96 valence electrons. The Kier molecular flexibility index (Phi) is 2.72. The van der Waals surface area contributed by atoms with Crippen LogP contribution in [0.3, 0.4) is 0 Å². The number of fused-ring (bicyclic) bond motifs is 1. The number of nitrogens with zero attached hydrogens (tertiary/aromatic N) is 2. The number of aryl methyl sites for hydroxylation is 2. The van der Waals surface area contributed by atoms with E-state index in [1.807, 2.05) is 17.5 Å². The molecule has 0 saturated heterocycles. The molecule has 0 aliphatic heterocycles. The Morgan fingerprint density at radius 2 is 1.79 bits per heavy atom. The average molecular weight is 272 g/mol. The van der Waals surface area contributed by atoms with Gasteiger partial charge in [0.1, 0.15) is 0 Å². The minimum Gasteiger partial charge on any atom is -0.394 e. The largest absolute Gasteiger partial charge is 0.394 e. The molecule has 3 aromatic rings. The fourth-order valence-corrected chi connectivity index (χ4v) is 2.35. The monoisotopic (exact) mass is 271 g/mol. The Morgan fingerprint density at radius 3 is 2.47 bits per heavy atom. The van der Waals surface area contributed by atoms with Crippen molar-refractivity contribution >= 4 is 22.9 Å². The van der Waals surface area contributed by atoms with Crippen LogP contribution in [-0.2, 0) is 0 Å². The first kappa shape index (κ1) is 12.1. The summed E-state index contributed by atoms with van der Waals surface area (Å²) in [6.45, 7) is 4.10.